The zero-order valence-electron chi connectivity index (χ0n) is 8.63. The second kappa shape index (κ2) is 4.44. The van der Waals surface area contributed by atoms with Crippen molar-refractivity contribution in [3.05, 3.63) is 12.4 Å². The SMILES string of the molecule is Nc1cnc(N(CCO)C2CCC2)cn1. The van der Waals surface area contributed by atoms with Crippen LogP contribution >= 0.6 is 0 Å². The zero-order valence-corrected chi connectivity index (χ0v) is 8.63. The first-order valence-electron chi connectivity index (χ1n) is 5.26. The number of aliphatic hydroxyl groups excluding tert-OH is 1. The minimum absolute atomic E-state index is 0.141. The van der Waals surface area contributed by atoms with Crippen LogP contribution in [0, 0.1) is 0 Å². The maximum Gasteiger partial charge on any atom is 0.147 e. The van der Waals surface area contributed by atoms with Gasteiger partial charge in [0.25, 0.3) is 0 Å². The molecule has 1 aliphatic rings. The van der Waals surface area contributed by atoms with Gasteiger partial charge >= 0.3 is 0 Å². The third-order valence-electron chi connectivity index (χ3n) is 2.81. The summed E-state index contributed by atoms with van der Waals surface area (Å²) in [6, 6.07) is 0.509. The summed E-state index contributed by atoms with van der Waals surface area (Å²) in [5.41, 5.74) is 5.48. The van der Waals surface area contributed by atoms with Crippen molar-refractivity contribution in [2.45, 2.75) is 25.3 Å². The molecule has 1 aromatic rings. The predicted octanol–water partition coefficient (Wildman–Crippen LogP) is 0.410. The second-order valence-corrected chi connectivity index (χ2v) is 3.80. The highest BCUT2D eigenvalue weighted by atomic mass is 16.3. The minimum atomic E-state index is 0.141. The number of aliphatic hydroxyl groups is 1. The van der Waals surface area contributed by atoms with Gasteiger partial charge in [-0.1, -0.05) is 0 Å². The third kappa shape index (κ3) is 2.18. The van der Waals surface area contributed by atoms with Crippen LogP contribution in [0.15, 0.2) is 12.4 Å². The van der Waals surface area contributed by atoms with E-state index in [1.807, 2.05) is 0 Å². The van der Waals surface area contributed by atoms with Gasteiger partial charge in [0.15, 0.2) is 0 Å². The van der Waals surface area contributed by atoms with Crippen molar-refractivity contribution in [2.24, 2.45) is 0 Å². The Morgan fingerprint density at radius 3 is 2.67 bits per heavy atom. The Hall–Kier alpha value is -1.36. The van der Waals surface area contributed by atoms with Crippen LogP contribution in [0.1, 0.15) is 19.3 Å². The summed E-state index contributed by atoms with van der Waals surface area (Å²) < 4.78 is 0. The van der Waals surface area contributed by atoms with Gasteiger partial charge in [-0.2, -0.15) is 0 Å². The van der Waals surface area contributed by atoms with Gasteiger partial charge in [0.05, 0.1) is 19.0 Å². The van der Waals surface area contributed by atoms with Crippen LogP contribution in [0.3, 0.4) is 0 Å². The fraction of sp³-hybridized carbons (Fsp3) is 0.600. The fourth-order valence-electron chi connectivity index (χ4n) is 1.77. The summed E-state index contributed by atoms with van der Waals surface area (Å²) in [4.78, 5) is 10.3. The van der Waals surface area contributed by atoms with Crippen molar-refractivity contribution in [1.82, 2.24) is 9.97 Å². The van der Waals surface area contributed by atoms with Crippen molar-refractivity contribution in [1.29, 1.82) is 0 Å². The highest BCUT2D eigenvalue weighted by Crippen LogP contribution is 2.27. The van der Waals surface area contributed by atoms with E-state index < -0.39 is 0 Å². The Bertz CT molecular complexity index is 310. The van der Waals surface area contributed by atoms with Crippen LogP contribution < -0.4 is 10.6 Å². The van der Waals surface area contributed by atoms with Gasteiger partial charge in [-0.25, -0.2) is 9.97 Å². The van der Waals surface area contributed by atoms with E-state index in [1.165, 1.54) is 19.3 Å². The molecule has 0 radical (unpaired) electrons. The summed E-state index contributed by atoms with van der Waals surface area (Å²) in [7, 11) is 0. The quantitative estimate of drug-likeness (QED) is 0.749. The molecule has 82 valence electrons. The Morgan fingerprint density at radius 1 is 1.40 bits per heavy atom. The number of hydrogen-bond acceptors (Lipinski definition) is 5. The van der Waals surface area contributed by atoms with E-state index in [2.05, 4.69) is 14.9 Å². The largest absolute Gasteiger partial charge is 0.395 e. The summed E-state index contributed by atoms with van der Waals surface area (Å²) in [6.07, 6.45) is 6.83. The van der Waals surface area contributed by atoms with Crippen LogP contribution in [-0.4, -0.2) is 34.3 Å². The first kappa shape index (κ1) is 10.2. The van der Waals surface area contributed by atoms with Crippen molar-refractivity contribution in [3.8, 4) is 0 Å². The number of nitrogen functional groups attached to an aromatic ring is 1. The standard InChI is InChI=1S/C10H16N4O/c11-9-6-13-10(7-12-9)14(4-5-15)8-2-1-3-8/h6-8,15H,1-5H2,(H2,11,12). The molecular formula is C10H16N4O. The van der Waals surface area contributed by atoms with Crippen LogP contribution in [-0.2, 0) is 0 Å². The molecule has 1 aromatic heterocycles. The van der Waals surface area contributed by atoms with Crippen LogP contribution in [0.5, 0.6) is 0 Å². The third-order valence-corrected chi connectivity index (χ3v) is 2.81. The Labute approximate surface area is 88.9 Å². The molecule has 2 rings (SSSR count). The first-order chi connectivity index (χ1) is 7.31. The molecule has 15 heavy (non-hydrogen) atoms. The predicted molar refractivity (Wildman–Crippen MR) is 58.5 cm³/mol. The molecule has 0 amide bonds. The normalized spacial score (nSPS) is 16.1. The van der Waals surface area contributed by atoms with Gasteiger partial charge in [0.2, 0.25) is 0 Å². The summed E-state index contributed by atoms with van der Waals surface area (Å²) in [5, 5.41) is 9.01. The molecule has 0 aromatic carbocycles. The lowest BCUT2D eigenvalue weighted by atomic mass is 9.91. The molecule has 5 nitrogen and oxygen atoms in total. The molecule has 1 saturated carbocycles. The molecule has 0 aliphatic heterocycles. The Morgan fingerprint density at radius 2 is 2.20 bits per heavy atom. The van der Waals surface area contributed by atoms with E-state index in [9.17, 15) is 0 Å². The van der Waals surface area contributed by atoms with Gasteiger partial charge in [0, 0.05) is 12.6 Å². The Balaban J connectivity index is 2.12. The van der Waals surface area contributed by atoms with Crippen LogP contribution in [0.4, 0.5) is 11.6 Å². The number of rotatable bonds is 4. The average molecular weight is 208 g/mol. The molecule has 0 atom stereocenters. The summed E-state index contributed by atoms with van der Waals surface area (Å²) >= 11 is 0. The second-order valence-electron chi connectivity index (χ2n) is 3.80. The van der Waals surface area contributed by atoms with Crippen molar-refractivity contribution in [3.63, 3.8) is 0 Å². The zero-order chi connectivity index (χ0) is 10.7. The van der Waals surface area contributed by atoms with E-state index >= 15 is 0 Å². The van der Waals surface area contributed by atoms with Gasteiger partial charge in [-0.3, -0.25) is 0 Å². The number of nitrogens with two attached hydrogens (primary N) is 1. The monoisotopic (exact) mass is 208 g/mol. The molecule has 5 heteroatoms. The van der Waals surface area contributed by atoms with E-state index in [0.717, 1.165) is 5.82 Å². The minimum Gasteiger partial charge on any atom is -0.395 e. The molecule has 1 heterocycles. The summed E-state index contributed by atoms with van der Waals surface area (Å²) in [6.45, 7) is 0.756. The molecular weight excluding hydrogens is 192 g/mol. The van der Waals surface area contributed by atoms with Gasteiger partial charge in [-0.05, 0) is 19.3 Å². The van der Waals surface area contributed by atoms with Crippen LogP contribution in [0.25, 0.3) is 0 Å². The van der Waals surface area contributed by atoms with Gasteiger partial charge in [-0.15, -0.1) is 0 Å². The molecule has 1 aliphatic carbocycles. The lowest BCUT2D eigenvalue weighted by molar-refractivity contribution is 0.283. The molecule has 0 spiro atoms. The van der Waals surface area contributed by atoms with Gasteiger partial charge < -0.3 is 15.7 Å². The van der Waals surface area contributed by atoms with Crippen molar-refractivity contribution < 1.29 is 5.11 Å². The lowest BCUT2D eigenvalue weighted by Gasteiger charge is -2.37. The maximum absolute atomic E-state index is 9.01. The lowest BCUT2D eigenvalue weighted by Crippen LogP contribution is -2.42. The number of nitrogens with zero attached hydrogens (tertiary/aromatic N) is 3. The highest BCUT2D eigenvalue weighted by Gasteiger charge is 2.25. The van der Waals surface area contributed by atoms with E-state index in [0.29, 0.717) is 18.4 Å². The number of aromatic nitrogens is 2. The van der Waals surface area contributed by atoms with Crippen molar-refractivity contribution >= 4 is 11.6 Å². The van der Waals surface area contributed by atoms with E-state index in [4.69, 9.17) is 10.8 Å². The van der Waals surface area contributed by atoms with Gasteiger partial charge in [0.1, 0.15) is 11.6 Å². The summed E-state index contributed by atoms with van der Waals surface area (Å²) in [5.74, 6) is 1.24. The van der Waals surface area contributed by atoms with Crippen LogP contribution in [0.2, 0.25) is 0 Å². The molecule has 0 unspecified atom stereocenters. The topological polar surface area (TPSA) is 75.3 Å². The number of hydrogen-bond donors (Lipinski definition) is 2. The Kier molecular flexibility index (Phi) is 3.01. The number of anilines is 2. The molecule has 0 saturated heterocycles. The van der Waals surface area contributed by atoms with E-state index in [1.54, 1.807) is 12.4 Å². The average Bonchev–Trinajstić information content (AvgIpc) is 2.16. The first-order valence-corrected chi connectivity index (χ1v) is 5.26. The molecule has 0 bridgehead atoms. The van der Waals surface area contributed by atoms with E-state index in [-0.39, 0.29) is 6.61 Å². The smallest absolute Gasteiger partial charge is 0.147 e. The maximum atomic E-state index is 9.01. The van der Waals surface area contributed by atoms with Crippen molar-refractivity contribution in [2.75, 3.05) is 23.8 Å². The highest BCUT2D eigenvalue weighted by molar-refractivity contribution is 5.41. The molecule has 3 N–H and O–H groups in total. The molecule has 1 fully saturated rings. The fourth-order valence-corrected chi connectivity index (χ4v) is 1.77.